The van der Waals surface area contributed by atoms with E-state index in [0.29, 0.717) is 5.92 Å². The van der Waals surface area contributed by atoms with E-state index in [1.54, 1.807) is 0 Å². The number of aryl methyl sites for hydroxylation is 1. The van der Waals surface area contributed by atoms with E-state index in [4.69, 9.17) is 0 Å². The highest BCUT2D eigenvalue weighted by Crippen LogP contribution is 2.34. The molecular weight excluding hydrogens is 408 g/mol. The van der Waals surface area contributed by atoms with Gasteiger partial charge in [0.25, 0.3) is 0 Å². The fourth-order valence-electron chi connectivity index (χ4n) is 4.19. The molecule has 34 heavy (non-hydrogen) atoms. The van der Waals surface area contributed by atoms with Crippen molar-refractivity contribution in [2.45, 2.75) is 72.6 Å². The van der Waals surface area contributed by atoms with Gasteiger partial charge in [0.15, 0.2) is 0 Å². The predicted molar refractivity (Wildman–Crippen MR) is 154 cm³/mol. The Morgan fingerprint density at radius 2 is 1.74 bits per heavy atom. The maximum absolute atomic E-state index is 4.19. The summed E-state index contributed by atoms with van der Waals surface area (Å²) in [7, 11) is 0. The van der Waals surface area contributed by atoms with Crippen molar-refractivity contribution < 1.29 is 0 Å². The molecule has 0 saturated carbocycles. The smallest absolute Gasteiger partial charge is 0.000581 e. The van der Waals surface area contributed by atoms with Crippen LogP contribution in [0.2, 0.25) is 0 Å². The van der Waals surface area contributed by atoms with Gasteiger partial charge in [-0.25, -0.2) is 0 Å². The van der Waals surface area contributed by atoms with Crippen molar-refractivity contribution >= 4 is 11.6 Å². The van der Waals surface area contributed by atoms with Crippen molar-refractivity contribution in [3.05, 3.63) is 113 Å². The zero-order chi connectivity index (χ0) is 25.3. The maximum Gasteiger partial charge on any atom is 0.000581 e. The number of allylic oxidation sites excluding steroid dienone is 5. The summed E-state index contributed by atoms with van der Waals surface area (Å²) in [6.07, 6.45) is 9.56. The summed E-state index contributed by atoms with van der Waals surface area (Å²) in [5.74, 6) is 0.413. The van der Waals surface area contributed by atoms with Gasteiger partial charge in [-0.3, -0.25) is 0 Å². The molecule has 178 valence electrons. The lowest BCUT2D eigenvalue weighted by atomic mass is 9.87. The highest BCUT2D eigenvalue weighted by atomic mass is 14.2. The second-order valence-corrected chi connectivity index (χ2v) is 9.63. The molecule has 0 aliphatic carbocycles. The minimum absolute atomic E-state index is 0.413. The molecule has 0 aromatic heterocycles. The molecule has 0 aliphatic rings. The van der Waals surface area contributed by atoms with Gasteiger partial charge in [-0.05, 0) is 78.0 Å². The van der Waals surface area contributed by atoms with Crippen molar-refractivity contribution in [3.8, 4) is 11.1 Å². The first-order valence-corrected chi connectivity index (χ1v) is 12.5. The molecule has 0 saturated heterocycles. The van der Waals surface area contributed by atoms with Crippen LogP contribution >= 0.6 is 0 Å². The molecule has 0 amide bonds. The lowest BCUT2D eigenvalue weighted by Crippen LogP contribution is -1.97. The summed E-state index contributed by atoms with van der Waals surface area (Å²) in [5, 5.41) is 0. The SMILES string of the molecule is C=C=C(CCCCC)c1ccc(-c2cc(C)c(/C=C(\CC(=C)C=C)C(=C)C)cc2C(C)C)cc1. The van der Waals surface area contributed by atoms with Crippen LogP contribution < -0.4 is 0 Å². The van der Waals surface area contributed by atoms with E-state index in [1.165, 1.54) is 63.8 Å². The molecular formula is C34H42. The second kappa shape index (κ2) is 13.0. The Hall–Kier alpha value is -3.08. The van der Waals surface area contributed by atoms with Gasteiger partial charge in [-0.2, -0.15) is 0 Å². The van der Waals surface area contributed by atoms with Crippen LogP contribution in [-0.4, -0.2) is 0 Å². The van der Waals surface area contributed by atoms with Gasteiger partial charge in [0.2, 0.25) is 0 Å². The van der Waals surface area contributed by atoms with E-state index in [-0.39, 0.29) is 0 Å². The molecule has 0 bridgehead atoms. The van der Waals surface area contributed by atoms with Gasteiger partial charge in [-0.1, -0.05) is 120 Å². The van der Waals surface area contributed by atoms with Crippen molar-refractivity contribution in [2.75, 3.05) is 0 Å². The number of hydrogen-bond donors (Lipinski definition) is 0. The standard InChI is InChI=1S/C34H42/c1-10-13-14-15-28(12-3)29-16-18-30(19-17-29)34-21-27(9)32(23-33(34)25(6)7)22-31(24(4)5)20-26(8)11-2/h11,16-19,21-23,25H,2-4,8,10,13-15,20H2,1,5-7,9H3/b31-22+. The quantitative estimate of drug-likeness (QED) is 0.171. The molecule has 0 aliphatic heterocycles. The summed E-state index contributed by atoms with van der Waals surface area (Å²) in [4.78, 5) is 0. The van der Waals surface area contributed by atoms with E-state index < -0.39 is 0 Å². The molecule has 0 spiro atoms. The molecule has 2 aromatic carbocycles. The molecule has 0 heterocycles. The molecule has 2 rings (SSSR count). The number of unbranched alkanes of at least 4 members (excludes halogenated alkanes) is 2. The Labute approximate surface area is 208 Å². The molecule has 0 heteroatoms. The maximum atomic E-state index is 4.19. The third-order valence-corrected chi connectivity index (χ3v) is 6.43. The first-order valence-electron chi connectivity index (χ1n) is 12.5. The van der Waals surface area contributed by atoms with Crippen LogP contribution in [0.3, 0.4) is 0 Å². The van der Waals surface area contributed by atoms with Crippen molar-refractivity contribution in [3.63, 3.8) is 0 Å². The van der Waals surface area contributed by atoms with Gasteiger partial charge < -0.3 is 0 Å². The minimum atomic E-state index is 0.413. The van der Waals surface area contributed by atoms with Crippen LogP contribution in [0.4, 0.5) is 0 Å². The Morgan fingerprint density at radius 1 is 1.06 bits per heavy atom. The Bertz CT molecular complexity index is 1110. The van der Waals surface area contributed by atoms with Crippen LogP contribution in [0.5, 0.6) is 0 Å². The minimum Gasteiger partial charge on any atom is -0.125 e. The third kappa shape index (κ3) is 7.21. The van der Waals surface area contributed by atoms with Crippen LogP contribution in [0, 0.1) is 6.92 Å². The van der Waals surface area contributed by atoms with E-state index in [9.17, 15) is 0 Å². The summed E-state index contributed by atoms with van der Waals surface area (Å²) < 4.78 is 0. The van der Waals surface area contributed by atoms with Crippen LogP contribution in [0.25, 0.3) is 22.8 Å². The lowest BCUT2D eigenvalue weighted by molar-refractivity contribution is 0.735. The fourth-order valence-corrected chi connectivity index (χ4v) is 4.19. The summed E-state index contributed by atoms with van der Waals surface area (Å²) in [6, 6.07) is 13.6. The fraction of sp³-hybridized carbons (Fsp3) is 0.324. The summed E-state index contributed by atoms with van der Waals surface area (Å²) in [5.41, 5.74) is 15.3. The van der Waals surface area contributed by atoms with Gasteiger partial charge in [0.05, 0.1) is 0 Å². The molecule has 2 aromatic rings. The van der Waals surface area contributed by atoms with Gasteiger partial charge in [-0.15, -0.1) is 5.73 Å². The molecule has 0 atom stereocenters. The first kappa shape index (κ1) is 27.2. The largest absolute Gasteiger partial charge is 0.125 e. The van der Waals surface area contributed by atoms with Gasteiger partial charge in [0.1, 0.15) is 0 Å². The summed E-state index contributed by atoms with van der Waals surface area (Å²) in [6.45, 7) is 27.1. The van der Waals surface area contributed by atoms with Crippen molar-refractivity contribution in [1.82, 2.24) is 0 Å². The molecule has 0 nitrogen and oxygen atoms in total. The zero-order valence-corrected chi connectivity index (χ0v) is 22.1. The number of rotatable bonds is 12. The summed E-state index contributed by atoms with van der Waals surface area (Å²) >= 11 is 0. The Morgan fingerprint density at radius 3 is 2.26 bits per heavy atom. The van der Waals surface area contributed by atoms with Gasteiger partial charge >= 0.3 is 0 Å². The van der Waals surface area contributed by atoms with E-state index in [2.05, 4.69) is 109 Å². The molecule has 0 radical (unpaired) electrons. The topological polar surface area (TPSA) is 0 Å². The monoisotopic (exact) mass is 450 g/mol. The second-order valence-electron chi connectivity index (χ2n) is 9.63. The van der Waals surface area contributed by atoms with Crippen molar-refractivity contribution in [1.29, 1.82) is 0 Å². The van der Waals surface area contributed by atoms with Crippen LogP contribution in [0.1, 0.15) is 88.0 Å². The first-order chi connectivity index (χ1) is 16.2. The van der Waals surface area contributed by atoms with E-state index >= 15 is 0 Å². The van der Waals surface area contributed by atoms with Gasteiger partial charge in [0, 0.05) is 5.57 Å². The number of hydrogen-bond acceptors (Lipinski definition) is 0. The molecule has 0 unspecified atom stereocenters. The normalized spacial score (nSPS) is 11.3. The van der Waals surface area contributed by atoms with Crippen LogP contribution in [-0.2, 0) is 0 Å². The van der Waals surface area contributed by atoms with Crippen molar-refractivity contribution in [2.24, 2.45) is 0 Å². The Kier molecular flexibility index (Phi) is 10.4. The molecule has 0 fully saturated rings. The average Bonchev–Trinajstić information content (AvgIpc) is 2.82. The van der Waals surface area contributed by atoms with Crippen LogP contribution in [0.15, 0.2) is 91.2 Å². The highest BCUT2D eigenvalue weighted by Gasteiger charge is 2.13. The number of benzene rings is 2. The highest BCUT2D eigenvalue weighted by molar-refractivity contribution is 5.75. The van der Waals surface area contributed by atoms with E-state index in [1.807, 2.05) is 6.08 Å². The van der Waals surface area contributed by atoms with E-state index in [0.717, 1.165) is 24.0 Å². The Balaban J connectivity index is 2.47. The zero-order valence-electron chi connectivity index (χ0n) is 22.1. The molecule has 0 N–H and O–H groups in total. The average molecular weight is 451 g/mol. The predicted octanol–water partition coefficient (Wildman–Crippen LogP) is 10.6. The lowest BCUT2D eigenvalue weighted by Gasteiger charge is -2.18. The third-order valence-electron chi connectivity index (χ3n) is 6.43.